The highest BCUT2D eigenvalue weighted by atomic mass is 127. The largest absolute Gasteiger partial charge is 0.504 e. The van der Waals surface area contributed by atoms with E-state index >= 15 is 0 Å². The molecule has 10 heavy (non-hydrogen) atoms. The number of benzene rings is 1. The van der Waals surface area contributed by atoms with Gasteiger partial charge in [-0.3, -0.25) is 0 Å². The zero-order valence-corrected chi connectivity index (χ0v) is 8.48. The molecular weight excluding hydrogens is 314 g/mol. The highest BCUT2D eigenvalue weighted by Crippen LogP contribution is 2.28. The number of aromatic hydroxyl groups is 1. The van der Waals surface area contributed by atoms with Gasteiger partial charge in [-0.2, -0.15) is 0 Å². The van der Waals surface area contributed by atoms with Crippen LogP contribution in [0.3, 0.4) is 0 Å². The Hall–Kier alpha value is 0.160. The van der Waals surface area contributed by atoms with E-state index in [4.69, 9.17) is 5.11 Å². The molecule has 0 aliphatic rings. The van der Waals surface area contributed by atoms with E-state index in [-0.39, 0.29) is 5.75 Å². The summed E-state index contributed by atoms with van der Waals surface area (Å²) in [6, 6.07) is 2.90. The Morgan fingerprint density at radius 2 is 2.10 bits per heavy atom. The van der Waals surface area contributed by atoms with Gasteiger partial charge < -0.3 is 5.11 Å². The number of phenolic OH excluding ortho intramolecular Hbond substituents is 1. The van der Waals surface area contributed by atoms with Crippen molar-refractivity contribution in [3.8, 4) is 5.75 Å². The van der Waals surface area contributed by atoms with Crippen LogP contribution in [0.5, 0.6) is 5.75 Å². The molecule has 0 heterocycles. The molecular formula is C6H3BrFIO. The van der Waals surface area contributed by atoms with Crippen LogP contribution in [0.2, 0.25) is 0 Å². The average Bonchev–Trinajstić information content (AvgIpc) is 1.82. The number of hydrogen-bond donors (Lipinski definition) is 1. The molecule has 1 aromatic rings. The second kappa shape index (κ2) is 3.04. The molecule has 0 bridgehead atoms. The number of halogens is 3. The molecule has 0 radical (unpaired) electrons. The Balaban J connectivity index is 3.31. The van der Waals surface area contributed by atoms with Crippen LogP contribution < -0.4 is 0 Å². The third-order valence-electron chi connectivity index (χ3n) is 0.982. The second-order valence-corrected chi connectivity index (χ2v) is 3.82. The van der Waals surface area contributed by atoms with E-state index in [0.717, 1.165) is 3.57 Å². The fourth-order valence-corrected chi connectivity index (χ4v) is 1.98. The van der Waals surface area contributed by atoms with Crippen molar-refractivity contribution in [1.29, 1.82) is 0 Å². The molecule has 0 atom stereocenters. The van der Waals surface area contributed by atoms with Crippen molar-refractivity contribution in [2.24, 2.45) is 0 Å². The first kappa shape index (κ1) is 8.26. The van der Waals surface area contributed by atoms with Crippen molar-refractivity contribution in [3.63, 3.8) is 0 Å². The summed E-state index contributed by atoms with van der Waals surface area (Å²) in [6.07, 6.45) is 0. The van der Waals surface area contributed by atoms with E-state index in [9.17, 15) is 4.39 Å². The highest BCUT2D eigenvalue weighted by Gasteiger charge is 2.04. The zero-order chi connectivity index (χ0) is 7.72. The predicted octanol–water partition coefficient (Wildman–Crippen LogP) is 2.90. The number of phenols is 1. The predicted molar refractivity (Wildman–Crippen MR) is 48.5 cm³/mol. The molecule has 4 heteroatoms. The second-order valence-electron chi connectivity index (χ2n) is 1.72. The molecule has 1 aromatic carbocycles. The van der Waals surface area contributed by atoms with Gasteiger partial charge in [-0.05, 0) is 50.7 Å². The van der Waals surface area contributed by atoms with Gasteiger partial charge >= 0.3 is 0 Å². The minimum Gasteiger partial charge on any atom is -0.504 e. The van der Waals surface area contributed by atoms with Crippen LogP contribution >= 0.6 is 38.5 Å². The smallest absolute Gasteiger partial charge is 0.167 e. The van der Waals surface area contributed by atoms with Crippen LogP contribution in [-0.4, -0.2) is 5.11 Å². The van der Waals surface area contributed by atoms with Gasteiger partial charge in [0.15, 0.2) is 11.6 Å². The Morgan fingerprint density at radius 3 is 2.60 bits per heavy atom. The lowest BCUT2D eigenvalue weighted by atomic mass is 10.3. The minimum absolute atomic E-state index is 0.333. The van der Waals surface area contributed by atoms with E-state index in [2.05, 4.69) is 15.9 Å². The van der Waals surface area contributed by atoms with Crippen molar-refractivity contribution in [2.75, 3.05) is 0 Å². The maximum atomic E-state index is 12.6. The summed E-state index contributed by atoms with van der Waals surface area (Å²) in [5.74, 6) is -0.931. The summed E-state index contributed by atoms with van der Waals surface area (Å²) in [5, 5.41) is 8.91. The summed E-state index contributed by atoms with van der Waals surface area (Å²) in [6.45, 7) is 0. The van der Waals surface area contributed by atoms with Gasteiger partial charge in [-0.1, -0.05) is 0 Å². The van der Waals surface area contributed by atoms with Crippen LogP contribution in [0.4, 0.5) is 4.39 Å². The maximum absolute atomic E-state index is 12.6. The fourth-order valence-electron chi connectivity index (χ4n) is 0.535. The van der Waals surface area contributed by atoms with Crippen LogP contribution in [0.1, 0.15) is 0 Å². The summed E-state index contributed by atoms with van der Waals surface area (Å²) in [4.78, 5) is 0. The molecule has 0 saturated carbocycles. The van der Waals surface area contributed by atoms with Gasteiger partial charge in [0.2, 0.25) is 0 Å². The van der Waals surface area contributed by atoms with Gasteiger partial charge in [0, 0.05) is 3.57 Å². The van der Waals surface area contributed by atoms with Crippen molar-refractivity contribution in [3.05, 3.63) is 26.0 Å². The molecule has 1 rings (SSSR count). The third kappa shape index (κ3) is 1.60. The Bertz CT molecular complexity index is 241. The molecule has 0 fully saturated rings. The van der Waals surface area contributed by atoms with Gasteiger partial charge in [0.1, 0.15) is 0 Å². The van der Waals surface area contributed by atoms with Crippen molar-refractivity contribution >= 4 is 38.5 Å². The maximum Gasteiger partial charge on any atom is 0.167 e. The zero-order valence-electron chi connectivity index (χ0n) is 4.74. The summed E-state index contributed by atoms with van der Waals surface area (Å²) < 4.78 is 13.7. The molecule has 0 aromatic heterocycles. The quantitative estimate of drug-likeness (QED) is 0.730. The molecule has 0 spiro atoms. The van der Waals surface area contributed by atoms with Crippen LogP contribution in [0.15, 0.2) is 16.6 Å². The van der Waals surface area contributed by atoms with Crippen molar-refractivity contribution in [2.45, 2.75) is 0 Å². The number of hydrogen-bond acceptors (Lipinski definition) is 1. The Kier molecular flexibility index (Phi) is 2.51. The van der Waals surface area contributed by atoms with Crippen molar-refractivity contribution in [1.82, 2.24) is 0 Å². The first-order chi connectivity index (χ1) is 4.61. The molecule has 1 nitrogen and oxygen atoms in total. The summed E-state index contributed by atoms with van der Waals surface area (Å²) in [7, 11) is 0. The molecule has 0 saturated heterocycles. The van der Waals surface area contributed by atoms with E-state index in [1.54, 1.807) is 6.07 Å². The molecule has 1 N–H and O–H groups in total. The van der Waals surface area contributed by atoms with Gasteiger partial charge in [0.25, 0.3) is 0 Å². The van der Waals surface area contributed by atoms with Crippen molar-refractivity contribution < 1.29 is 9.50 Å². The lowest BCUT2D eigenvalue weighted by molar-refractivity contribution is 0.429. The van der Waals surface area contributed by atoms with Gasteiger partial charge in [0.05, 0.1) is 4.47 Å². The van der Waals surface area contributed by atoms with Crippen LogP contribution in [0, 0.1) is 9.39 Å². The highest BCUT2D eigenvalue weighted by molar-refractivity contribution is 14.1. The first-order valence-corrected chi connectivity index (χ1v) is 4.32. The molecule has 0 unspecified atom stereocenters. The summed E-state index contributed by atoms with van der Waals surface area (Å²) >= 11 is 4.97. The Labute approximate surface area is 79.5 Å². The Morgan fingerprint density at radius 1 is 1.50 bits per heavy atom. The number of rotatable bonds is 0. The molecule has 0 amide bonds. The van der Waals surface area contributed by atoms with Crippen LogP contribution in [-0.2, 0) is 0 Å². The fraction of sp³-hybridized carbons (Fsp3) is 0. The minimum atomic E-state index is -0.598. The standard InChI is InChI=1S/C6H3BrFIO/c7-4-1-3(9)2-5(8)6(4)10/h1-2,10H. The van der Waals surface area contributed by atoms with E-state index in [1.807, 2.05) is 22.6 Å². The summed E-state index contributed by atoms with van der Waals surface area (Å²) in [5.41, 5.74) is 0. The topological polar surface area (TPSA) is 20.2 Å². The van der Waals surface area contributed by atoms with Gasteiger partial charge in [-0.15, -0.1) is 0 Å². The van der Waals surface area contributed by atoms with Crippen LogP contribution in [0.25, 0.3) is 0 Å². The lowest BCUT2D eigenvalue weighted by Crippen LogP contribution is -1.79. The molecule has 54 valence electrons. The van der Waals surface area contributed by atoms with E-state index in [1.165, 1.54) is 6.07 Å². The molecule has 0 aliphatic heterocycles. The average molecular weight is 317 g/mol. The third-order valence-corrected chi connectivity index (χ3v) is 2.21. The molecule has 0 aliphatic carbocycles. The lowest BCUT2D eigenvalue weighted by Gasteiger charge is -1.97. The monoisotopic (exact) mass is 316 g/mol. The normalized spacial score (nSPS) is 9.90. The van der Waals surface area contributed by atoms with E-state index in [0.29, 0.717) is 4.47 Å². The van der Waals surface area contributed by atoms with Gasteiger partial charge in [-0.25, -0.2) is 4.39 Å². The first-order valence-electron chi connectivity index (χ1n) is 2.45. The van der Waals surface area contributed by atoms with E-state index < -0.39 is 5.82 Å². The SMILES string of the molecule is Oc1c(F)cc(I)cc1Br.